The van der Waals surface area contributed by atoms with Gasteiger partial charge in [0.2, 0.25) is 0 Å². The van der Waals surface area contributed by atoms with E-state index in [1.165, 1.54) is 0 Å². The minimum atomic E-state index is -3.43. The Bertz CT molecular complexity index is 650. The van der Waals surface area contributed by atoms with Crippen molar-refractivity contribution in [3.63, 3.8) is 0 Å². The van der Waals surface area contributed by atoms with E-state index in [-0.39, 0.29) is 0 Å². The third-order valence-electron chi connectivity index (χ3n) is 4.37. The molecule has 0 aliphatic carbocycles. The zero-order chi connectivity index (χ0) is 16.2. The fourth-order valence-corrected chi connectivity index (χ4v) is 7.70. The van der Waals surface area contributed by atoms with Crippen molar-refractivity contribution in [3.05, 3.63) is 91.0 Å². The second-order valence-corrected chi connectivity index (χ2v) is 9.52. The topological polar surface area (TPSA) is 18.5 Å². The summed E-state index contributed by atoms with van der Waals surface area (Å²) in [5.74, 6) is 0. The van der Waals surface area contributed by atoms with Gasteiger partial charge in [-0.15, -0.1) is 0 Å². The average molecular weight is 324 g/mol. The van der Waals surface area contributed by atoms with Crippen molar-refractivity contribution in [3.8, 4) is 0 Å². The van der Waals surface area contributed by atoms with Crippen LogP contribution in [-0.4, -0.2) is 14.2 Å². The van der Waals surface area contributed by atoms with E-state index < -0.39 is 7.06 Å². The summed E-state index contributed by atoms with van der Waals surface area (Å²) >= 11 is 0. The maximum atomic E-state index is 6.34. The first-order valence-electron chi connectivity index (χ1n) is 7.58. The fourth-order valence-electron chi connectivity index (χ4n) is 3.25. The van der Waals surface area contributed by atoms with Gasteiger partial charge in [-0.1, -0.05) is 0 Å². The van der Waals surface area contributed by atoms with Crippen molar-refractivity contribution < 1.29 is 9.05 Å². The van der Waals surface area contributed by atoms with Gasteiger partial charge in [-0.05, 0) is 0 Å². The van der Waals surface area contributed by atoms with Gasteiger partial charge in [0, 0.05) is 0 Å². The molecule has 2 nitrogen and oxygen atoms in total. The SMILES string of the molecule is COP(OC)(c1ccccc1)(c1ccccc1)c1ccccc1. The molecule has 0 fully saturated rings. The molecule has 0 aromatic heterocycles. The van der Waals surface area contributed by atoms with Gasteiger partial charge in [-0.2, -0.15) is 0 Å². The van der Waals surface area contributed by atoms with E-state index in [2.05, 4.69) is 36.4 Å². The third kappa shape index (κ3) is 2.22. The monoisotopic (exact) mass is 324 g/mol. The zero-order valence-electron chi connectivity index (χ0n) is 13.4. The summed E-state index contributed by atoms with van der Waals surface area (Å²) in [6.07, 6.45) is 0. The molecule has 0 saturated carbocycles. The average Bonchev–Trinajstić information content (AvgIpc) is 2.67. The van der Waals surface area contributed by atoms with Gasteiger partial charge in [-0.3, -0.25) is 0 Å². The van der Waals surface area contributed by atoms with E-state index in [1.807, 2.05) is 54.6 Å². The quantitative estimate of drug-likeness (QED) is 0.667. The molecule has 0 amide bonds. The van der Waals surface area contributed by atoms with E-state index >= 15 is 0 Å². The van der Waals surface area contributed by atoms with Crippen molar-refractivity contribution in [1.29, 1.82) is 0 Å². The van der Waals surface area contributed by atoms with Gasteiger partial charge in [-0.25, -0.2) is 0 Å². The van der Waals surface area contributed by atoms with Crippen LogP contribution in [0.15, 0.2) is 91.0 Å². The Morgan fingerprint density at radius 1 is 0.478 bits per heavy atom. The number of benzene rings is 3. The molecule has 3 aromatic carbocycles. The molecule has 0 saturated heterocycles. The van der Waals surface area contributed by atoms with Crippen molar-refractivity contribution in [2.24, 2.45) is 0 Å². The van der Waals surface area contributed by atoms with Gasteiger partial charge in [0.1, 0.15) is 0 Å². The molecular formula is C20H21O2P. The molecule has 3 heteroatoms. The zero-order valence-corrected chi connectivity index (χ0v) is 14.3. The van der Waals surface area contributed by atoms with Crippen molar-refractivity contribution in [2.75, 3.05) is 14.2 Å². The van der Waals surface area contributed by atoms with Gasteiger partial charge in [0.05, 0.1) is 0 Å². The van der Waals surface area contributed by atoms with Crippen LogP contribution < -0.4 is 15.9 Å². The van der Waals surface area contributed by atoms with Gasteiger partial charge in [0.15, 0.2) is 0 Å². The summed E-state index contributed by atoms with van der Waals surface area (Å²) in [6.45, 7) is 0. The van der Waals surface area contributed by atoms with Crippen LogP contribution in [0.4, 0.5) is 0 Å². The van der Waals surface area contributed by atoms with E-state index in [1.54, 1.807) is 14.2 Å². The van der Waals surface area contributed by atoms with Gasteiger partial charge in [0.25, 0.3) is 0 Å². The summed E-state index contributed by atoms with van der Waals surface area (Å²) in [5.41, 5.74) is 0. The summed E-state index contributed by atoms with van der Waals surface area (Å²) in [4.78, 5) is 0. The Labute approximate surface area is 137 Å². The van der Waals surface area contributed by atoms with Crippen LogP contribution in [0, 0.1) is 0 Å². The first kappa shape index (κ1) is 15.9. The molecule has 0 N–H and O–H groups in total. The van der Waals surface area contributed by atoms with Crippen LogP contribution in [0.25, 0.3) is 0 Å². The molecule has 0 heterocycles. The molecule has 0 radical (unpaired) electrons. The van der Waals surface area contributed by atoms with Crippen LogP contribution >= 0.6 is 7.06 Å². The predicted molar refractivity (Wildman–Crippen MR) is 99.2 cm³/mol. The molecule has 0 aliphatic rings. The minimum absolute atomic E-state index is 1.06. The predicted octanol–water partition coefficient (Wildman–Crippen LogP) is 3.64. The van der Waals surface area contributed by atoms with Gasteiger partial charge >= 0.3 is 137 Å². The normalized spacial score (nSPS) is 13.2. The number of hydrogen-bond donors (Lipinski definition) is 0. The number of rotatable bonds is 5. The van der Waals surface area contributed by atoms with Crippen molar-refractivity contribution in [1.82, 2.24) is 0 Å². The summed E-state index contributed by atoms with van der Waals surface area (Å²) in [6, 6.07) is 30.7. The summed E-state index contributed by atoms with van der Waals surface area (Å²) in [5, 5.41) is 3.17. The molecule has 3 aromatic rings. The van der Waals surface area contributed by atoms with Crippen LogP contribution in [0.5, 0.6) is 0 Å². The fraction of sp³-hybridized carbons (Fsp3) is 0.100. The molecule has 23 heavy (non-hydrogen) atoms. The maximum absolute atomic E-state index is 6.34. The second kappa shape index (κ2) is 6.25. The molecule has 3 rings (SSSR count). The van der Waals surface area contributed by atoms with Crippen molar-refractivity contribution in [2.45, 2.75) is 0 Å². The Morgan fingerprint density at radius 2 is 0.739 bits per heavy atom. The van der Waals surface area contributed by atoms with Crippen molar-refractivity contribution >= 4 is 23.0 Å². The van der Waals surface area contributed by atoms with E-state index in [9.17, 15) is 0 Å². The molecule has 0 unspecified atom stereocenters. The molecule has 0 spiro atoms. The van der Waals surface area contributed by atoms with E-state index in [4.69, 9.17) is 9.05 Å². The Morgan fingerprint density at radius 3 is 0.957 bits per heavy atom. The molecular weight excluding hydrogens is 303 g/mol. The van der Waals surface area contributed by atoms with Gasteiger partial charge < -0.3 is 0 Å². The molecule has 0 atom stereocenters. The Balaban J connectivity index is 2.46. The first-order valence-corrected chi connectivity index (χ1v) is 9.66. The van der Waals surface area contributed by atoms with Crippen LogP contribution in [0.2, 0.25) is 0 Å². The number of hydrogen-bond acceptors (Lipinski definition) is 2. The Hall–Kier alpha value is -1.99. The van der Waals surface area contributed by atoms with E-state index in [0.717, 1.165) is 15.9 Å². The molecule has 0 bridgehead atoms. The molecule has 0 aliphatic heterocycles. The standard InChI is InChI=1S/C20H21O2P/c1-21-23(22-2,18-12-6-3-7-13-18,19-14-8-4-9-15-19)20-16-10-5-11-17-20/h3-17H,1-2H3. The van der Waals surface area contributed by atoms with Crippen LogP contribution in [0.1, 0.15) is 0 Å². The summed E-state index contributed by atoms with van der Waals surface area (Å²) in [7, 11) is 0.0628. The molecule has 118 valence electrons. The van der Waals surface area contributed by atoms with Crippen LogP contribution in [-0.2, 0) is 9.05 Å². The third-order valence-corrected chi connectivity index (χ3v) is 9.47. The van der Waals surface area contributed by atoms with E-state index in [0.29, 0.717) is 0 Å². The Kier molecular flexibility index (Phi) is 4.32. The second-order valence-electron chi connectivity index (χ2n) is 5.33. The van der Waals surface area contributed by atoms with Crippen LogP contribution in [0.3, 0.4) is 0 Å². The summed E-state index contributed by atoms with van der Waals surface area (Å²) < 4.78 is 12.7. The first-order chi connectivity index (χ1) is 11.3.